The van der Waals surface area contributed by atoms with Crippen molar-refractivity contribution in [1.29, 1.82) is 0 Å². The lowest BCUT2D eigenvalue weighted by Crippen LogP contribution is -1.91. The number of carbonyl (C=O) groups is 1. The number of rotatable bonds is 5. The number of carboxylic acid groups (broad SMARTS) is 1. The molecule has 2 aromatic rings. The number of methoxy groups -OCH3 is 1. The average molecular weight is 299 g/mol. The highest BCUT2D eigenvalue weighted by atomic mass is 35.5. The minimum absolute atomic E-state index is 0.0689. The molecule has 0 unspecified atom stereocenters. The number of ether oxygens (including phenoxy) is 1. The Balaban J connectivity index is 2.09. The van der Waals surface area contributed by atoms with Gasteiger partial charge in [0, 0.05) is 16.3 Å². The molecular weight excluding hydrogens is 288 g/mol. The van der Waals surface area contributed by atoms with E-state index in [4.69, 9.17) is 25.9 Å². The highest BCUT2D eigenvalue weighted by Gasteiger charge is 2.10. The molecule has 1 aromatic heterocycles. The van der Waals surface area contributed by atoms with Crippen molar-refractivity contribution in [2.75, 3.05) is 7.11 Å². The summed E-state index contributed by atoms with van der Waals surface area (Å²) < 4.78 is 10.4. The maximum Gasteiger partial charge on any atom is 0.371 e. The number of halogens is 1. The normalized spacial score (nSPS) is 10.4. The van der Waals surface area contributed by atoms with E-state index in [0.29, 0.717) is 15.9 Å². The van der Waals surface area contributed by atoms with Crippen LogP contribution in [-0.2, 0) is 5.75 Å². The Labute approximate surface area is 119 Å². The molecule has 0 saturated carbocycles. The number of carboxylic acids is 1. The third-order valence-electron chi connectivity index (χ3n) is 2.40. The Morgan fingerprint density at radius 3 is 2.84 bits per heavy atom. The average Bonchev–Trinajstić information content (AvgIpc) is 2.85. The predicted octanol–water partition coefficient (Wildman–Crippen LogP) is 3.93. The zero-order valence-electron chi connectivity index (χ0n) is 10.1. The van der Waals surface area contributed by atoms with E-state index in [-0.39, 0.29) is 5.76 Å². The van der Waals surface area contributed by atoms with Gasteiger partial charge in [0.15, 0.2) is 5.09 Å². The van der Waals surface area contributed by atoms with Crippen LogP contribution in [0.1, 0.15) is 16.1 Å². The van der Waals surface area contributed by atoms with E-state index in [9.17, 15) is 4.79 Å². The third-order valence-corrected chi connectivity index (χ3v) is 3.60. The van der Waals surface area contributed by atoms with Gasteiger partial charge in [-0.15, -0.1) is 0 Å². The summed E-state index contributed by atoms with van der Waals surface area (Å²) in [5, 5.41) is 9.93. The zero-order valence-corrected chi connectivity index (χ0v) is 11.6. The fraction of sp³-hybridized carbons (Fsp3) is 0.154. The van der Waals surface area contributed by atoms with E-state index in [0.717, 1.165) is 11.3 Å². The van der Waals surface area contributed by atoms with E-state index in [1.807, 2.05) is 6.07 Å². The van der Waals surface area contributed by atoms with Crippen molar-refractivity contribution in [3.63, 3.8) is 0 Å². The van der Waals surface area contributed by atoms with Gasteiger partial charge in [0.2, 0.25) is 5.76 Å². The summed E-state index contributed by atoms with van der Waals surface area (Å²) in [6.45, 7) is 0. The van der Waals surface area contributed by atoms with Crippen molar-refractivity contribution in [3.05, 3.63) is 46.7 Å². The molecule has 2 rings (SSSR count). The molecule has 1 aromatic carbocycles. The number of hydrogen-bond donors (Lipinski definition) is 1. The quantitative estimate of drug-likeness (QED) is 0.847. The number of hydrogen-bond acceptors (Lipinski definition) is 4. The molecule has 0 spiro atoms. The summed E-state index contributed by atoms with van der Waals surface area (Å²) in [7, 11) is 1.59. The van der Waals surface area contributed by atoms with Gasteiger partial charge in [-0.05, 0) is 30.3 Å². The molecule has 1 heterocycles. The Kier molecular flexibility index (Phi) is 4.39. The van der Waals surface area contributed by atoms with Gasteiger partial charge in [-0.25, -0.2) is 4.79 Å². The van der Waals surface area contributed by atoms with Crippen molar-refractivity contribution < 1.29 is 19.1 Å². The van der Waals surface area contributed by atoms with Crippen LogP contribution in [0.15, 0.2) is 39.8 Å². The summed E-state index contributed by atoms with van der Waals surface area (Å²) in [5.74, 6) is 0.172. The highest BCUT2D eigenvalue weighted by molar-refractivity contribution is 7.98. The van der Waals surface area contributed by atoms with Gasteiger partial charge in [-0.1, -0.05) is 23.4 Å². The zero-order chi connectivity index (χ0) is 13.8. The number of benzene rings is 1. The van der Waals surface area contributed by atoms with Gasteiger partial charge in [-0.2, -0.15) is 0 Å². The standard InChI is InChI=1S/C13H11ClO4S/c1-17-10-3-2-9(14)6-8(10)7-19-12-5-4-11(18-12)13(15)16/h2-6H,7H2,1H3,(H,15,16). The molecule has 4 nitrogen and oxygen atoms in total. The summed E-state index contributed by atoms with van der Waals surface area (Å²) >= 11 is 7.32. The summed E-state index contributed by atoms with van der Waals surface area (Å²) in [6, 6.07) is 8.42. The summed E-state index contributed by atoms with van der Waals surface area (Å²) in [6.07, 6.45) is 0. The van der Waals surface area contributed by atoms with Gasteiger partial charge < -0.3 is 14.3 Å². The molecule has 100 valence electrons. The Bertz CT molecular complexity index is 594. The van der Waals surface area contributed by atoms with Crippen molar-refractivity contribution in [3.8, 4) is 5.75 Å². The second kappa shape index (κ2) is 6.04. The minimum atomic E-state index is -1.08. The van der Waals surface area contributed by atoms with Crippen LogP contribution in [0.2, 0.25) is 5.02 Å². The van der Waals surface area contributed by atoms with Crippen LogP contribution < -0.4 is 4.74 Å². The van der Waals surface area contributed by atoms with Crippen LogP contribution in [0.5, 0.6) is 5.75 Å². The second-order valence-corrected chi connectivity index (χ2v) is 5.08. The van der Waals surface area contributed by atoms with Crippen molar-refractivity contribution in [2.24, 2.45) is 0 Å². The molecule has 19 heavy (non-hydrogen) atoms. The van der Waals surface area contributed by atoms with Crippen molar-refractivity contribution in [2.45, 2.75) is 10.8 Å². The smallest absolute Gasteiger partial charge is 0.371 e. The lowest BCUT2D eigenvalue weighted by molar-refractivity contribution is 0.0656. The lowest BCUT2D eigenvalue weighted by atomic mass is 10.2. The Morgan fingerprint density at radius 2 is 2.21 bits per heavy atom. The summed E-state index contributed by atoms with van der Waals surface area (Å²) in [5.41, 5.74) is 0.924. The monoisotopic (exact) mass is 298 g/mol. The Hall–Kier alpha value is -1.59. The molecule has 0 atom stereocenters. The fourth-order valence-electron chi connectivity index (χ4n) is 1.52. The Morgan fingerprint density at radius 1 is 1.42 bits per heavy atom. The topological polar surface area (TPSA) is 59.7 Å². The molecule has 0 radical (unpaired) electrons. The maximum atomic E-state index is 10.7. The van der Waals surface area contributed by atoms with Gasteiger partial charge in [0.05, 0.1) is 7.11 Å². The molecule has 0 fully saturated rings. The molecule has 0 amide bonds. The van der Waals surface area contributed by atoms with Crippen molar-refractivity contribution in [1.82, 2.24) is 0 Å². The third kappa shape index (κ3) is 3.45. The van der Waals surface area contributed by atoms with Crippen LogP contribution in [0.3, 0.4) is 0 Å². The van der Waals surface area contributed by atoms with Gasteiger partial charge >= 0.3 is 5.97 Å². The van der Waals surface area contributed by atoms with E-state index < -0.39 is 5.97 Å². The van der Waals surface area contributed by atoms with Crippen LogP contribution in [0, 0.1) is 0 Å². The number of aromatic carboxylic acids is 1. The molecule has 0 saturated heterocycles. The second-order valence-electron chi connectivity index (χ2n) is 3.67. The number of furan rings is 1. The molecule has 0 aliphatic heterocycles. The predicted molar refractivity (Wildman–Crippen MR) is 73.2 cm³/mol. The first kappa shape index (κ1) is 13.8. The van der Waals surface area contributed by atoms with Gasteiger partial charge in [0.1, 0.15) is 5.75 Å². The van der Waals surface area contributed by atoms with Gasteiger partial charge in [-0.3, -0.25) is 0 Å². The highest BCUT2D eigenvalue weighted by Crippen LogP contribution is 2.30. The molecule has 0 aliphatic rings. The molecule has 1 N–H and O–H groups in total. The molecule has 6 heteroatoms. The van der Waals surface area contributed by atoms with E-state index in [1.165, 1.54) is 17.8 Å². The first-order chi connectivity index (χ1) is 9.10. The maximum absolute atomic E-state index is 10.7. The molecule has 0 bridgehead atoms. The van der Waals surface area contributed by atoms with Gasteiger partial charge in [0.25, 0.3) is 0 Å². The first-order valence-corrected chi connectivity index (χ1v) is 6.75. The van der Waals surface area contributed by atoms with Crippen LogP contribution in [0.25, 0.3) is 0 Å². The molecular formula is C13H11ClO4S. The van der Waals surface area contributed by atoms with Crippen LogP contribution in [0.4, 0.5) is 0 Å². The summed E-state index contributed by atoms with van der Waals surface area (Å²) in [4.78, 5) is 10.7. The fourth-order valence-corrected chi connectivity index (χ4v) is 2.55. The minimum Gasteiger partial charge on any atom is -0.496 e. The number of thioether (sulfide) groups is 1. The largest absolute Gasteiger partial charge is 0.496 e. The van der Waals surface area contributed by atoms with Crippen molar-refractivity contribution >= 4 is 29.3 Å². The van der Waals surface area contributed by atoms with E-state index in [2.05, 4.69) is 0 Å². The first-order valence-electron chi connectivity index (χ1n) is 5.38. The van der Waals surface area contributed by atoms with Crippen LogP contribution >= 0.6 is 23.4 Å². The molecule has 0 aliphatic carbocycles. The van der Waals surface area contributed by atoms with E-state index >= 15 is 0 Å². The SMILES string of the molecule is COc1ccc(Cl)cc1CSc1ccc(C(=O)O)o1. The van der Waals surface area contributed by atoms with Crippen LogP contribution in [-0.4, -0.2) is 18.2 Å². The van der Waals surface area contributed by atoms with E-state index in [1.54, 1.807) is 25.3 Å². The lowest BCUT2D eigenvalue weighted by Gasteiger charge is -2.07.